The van der Waals surface area contributed by atoms with Crippen LogP contribution in [0.2, 0.25) is 0 Å². The first-order valence-electron chi connectivity index (χ1n) is 7.38. The summed E-state index contributed by atoms with van der Waals surface area (Å²) in [6, 6.07) is 14.1. The largest absolute Gasteiger partial charge is 0.304 e. The molecule has 1 aliphatic heterocycles. The van der Waals surface area contributed by atoms with Gasteiger partial charge in [0.25, 0.3) is 5.69 Å². The number of benzene rings is 2. The van der Waals surface area contributed by atoms with Gasteiger partial charge in [-0.3, -0.25) is 14.9 Å². The number of nitrogens with one attached hydrogen (secondary N) is 1. The minimum atomic E-state index is -0.434. The summed E-state index contributed by atoms with van der Waals surface area (Å²) < 4.78 is 0. The number of amides is 1. The summed E-state index contributed by atoms with van der Waals surface area (Å²) >= 11 is 1.35. The highest BCUT2D eigenvalue weighted by atomic mass is 32.2. The van der Waals surface area contributed by atoms with Crippen LogP contribution in [0.1, 0.15) is 11.1 Å². The van der Waals surface area contributed by atoms with E-state index in [4.69, 9.17) is 0 Å². The summed E-state index contributed by atoms with van der Waals surface area (Å²) in [5.41, 5.74) is 2.64. The van der Waals surface area contributed by atoms with Crippen LogP contribution in [-0.4, -0.2) is 21.2 Å². The zero-order valence-electron chi connectivity index (χ0n) is 12.9. The van der Waals surface area contributed by atoms with E-state index in [1.807, 2.05) is 31.2 Å². The zero-order valence-corrected chi connectivity index (χ0v) is 13.7. The van der Waals surface area contributed by atoms with Crippen LogP contribution in [-0.2, 0) is 11.2 Å². The number of rotatable bonds is 4. The van der Waals surface area contributed by atoms with Crippen LogP contribution < -0.4 is 5.32 Å². The van der Waals surface area contributed by atoms with Gasteiger partial charge in [0.15, 0.2) is 5.17 Å². The summed E-state index contributed by atoms with van der Waals surface area (Å²) in [6.07, 6.45) is 0.422. The van der Waals surface area contributed by atoms with Crippen molar-refractivity contribution >= 4 is 34.2 Å². The number of hydrogen-bond acceptors (Lipinski definition) is 5. The minimum absolute atomic E-state index is 0.0321. The Bertz CT molecular complexity index is 835. The van der Waals surface area contributed by atoms with Crippen molar-refractivity contribution in [3.05, 3.63) is 69.8 Å². The number of nitro groups is 1. The smallest absolute Gasteiger partial charge is 0.269 e. The first-order chi connectivity index (χ1) is 11.5. The van der Waals surface area contributed by atoms with E-state index in [1.165, 1.54) is 23.9 Å². The second-order valence-corrected chi connectivity index (χ2v) is 6.62. The van der Waals surface area contributed by atoms with Gasteiger partial charge < -0.3 is 5.32 Å². The lowest BCUT2D eigenvalue weighted by molar-refractivity contribution is -0.384. The highest BCUT2D eigenvalue weighted by Crippen LogP contribution is 2.27. The molecule has 6 nitrogen and oxygen atoms in total. The van der Waals surface area contributed by atoms with Crippen LogP contribution >= 0.6 is 11.8 Å². The Morgan fingerprint density at radius 2 is 2.04 bits per heavy atom. The normalized spacial score (nSPS) is 18.6. The monoisotopic (exact) mass is 341 g/mol. The lowest BCUT2D eigenvalue weighted by Gasteiger charge is -2.05. The third-order valence-corrected chi connectivity index (χ3v) is 4.74. The van der Waals surface area contributed by atoms with Crippen LogP contribution in [0.15, 0.2) is 53.5 Å². The van der Waals surface area contributed by atoms with Crippen LogP contribution in [0.5, 0.6) is 0 Å². The zero-order chi connectivity index (χ0) is 17.1. The van der Waals surface area contributed by atoms with E-state index in [0.717, 1.165) is 16.8 Å². The molecule has 7 heteroatoms. The molecule has 0 saturated carbocycles. The minimum Gasteiger partial charge on any atom is -0.304 e. The number of carbonyl (C=O) groups excluding carboxylic acids is 1. The van der Waals surface area contributed by atoms with Crippen molar-refractivity contribution in [1.29, 1.82) is 0 Å². The van der Waals surface area contributed by atoms with Gasteiger partial charge in [-0.15, -0.1) is 0 Å². The maximum Gasteiger partial charge on any atom is 0.269 e. The molecule has 1 saturated heterocycles. The summed E-state index contributed by atoms with van der Waals surface area (Å²) in [6.45, 7) is 1.96. The van der Waals surface area contributed by atoms with Crippen molar-refractivity contribution in [1.82, 2.24) is 5.32 Å². The second-order valence-electron chi connectivity index (χ2n) is 5.43. The van der Waals surface area contributed by atoms with Crippen molar-refractivity contribution in [2.45, 2.75) is 18.6 Å². The molecule has 0 unspecified atom stereocenters. The number of aliphatic imine (C=N–C) groups is 1. The molecule has 1 atom stereocenters. The number of carbonyl (C=O) groups is 1. The molecule has 0 aromatic heterocycles. The third-order valence-electron chi connectivity index (χ3n) is 3.66. The number of non-ortho nitro benzene ring substituents is 1. The molecule has 24 heavy (non-hydrogen) atoms. The topological polar surface area (TPSA) is 84.6 Å². The van der Waals surface area contributed by atoms with E-state index >= 15 is 0 Å². The molecule has 1 heterocycles. The van der Waals surface area contributed by atoms with Gasteiger partial charge in [-0.1, -0.05) is 42.1 Å². The van der Waals surface area contributed by atoms with Gasteiger partial charge in [-0.2, -0.15) is 0 Å². The summed E-state index contributed by atoms with van der Waals surface area (Å²) in [7, 11) is 0. The van der Waals surface area contributed by atoms with Crippen molar-refractivity contribution in [3.63, 3.8) is 0 Å². The van der Waals surface area contributed by atoms with Crippen molar-refractivity contribution < 1.29 is 9.72 Å². The average molecular weight is 341 g/mol. The van der Waals surface area contributed by atoms with E-state index in [2.05, 4.69) is 10.3 Å². The van der Waals surface area contributed by atoms with Gasteiger partial charge >= 0.3 is 0 Å². The number of hydrogen-bond donors (Lipinski definition) is 1. The summed E-state index contributed by atoms with van der Waals surface area (Å²) in [5.74, 6) is -0.126. The predicted molar refractivity (Wildman–Crippen MR) is 94.6 cm³/mol. The number of para-hydroxylation sites is 1. The Kier molecular flexibility index (Phi) is 4.61. The van der Waals surface area contributed by atoms with Crippen LogP contribution in [0.4, 0.5) is 11.4 Å². The van der Waals surface area contributed by atoms with Crippen molar-refractivity contribution in [2.24, 2.45) is 4.99 Å². The van der Waals surface area contributed by atoms with E-state index in [9.17, 15) is 14.9 Å². The lowest BCUT2D eigenvalue weighted by Crippen LogP contribution is -2.26. The van der Waals surface area contributed by atoms with Gasteiger partial charge in [0, 0.05) is 12.1 Å². The molecule has 0 spiro atoms. The summed E-state index contributed by atoms with van der Waals surface area (Å²) in [5, 5.41) is 13.8. The maximum absolute atomic E-state index is 12.1. The fourth-order valence-corrected chi connectivity index (χ4v) is 3.42. The van der Waals surface area contributed by atoms with Gasteiger partial charge in [-0.25, -0.2) is 4.99 Å². The molecule has 0 bridgehead atoms. The van der Waals surface area contributed by atoms with Crippen LogP contribution in [0.3, 0.4) is 0 Å². The molecule has 0 radical (unpaired) electrons. The quantitative estimate of drug-likeness (QED) is 0.682. The molecular formula is C17H15N3O3S. The van der Waals surface area contributed by atoms with Crippen molar-refractivity contribution in [3.8, 4) is 0 Å². The van der Waals surface area contributed by atoms with Crippen molar-refractivity contribution in [2.75, 3.05) is 0 Å². The van der Waals surface area contributed by atoms with Gasteiger partial charge in [-0.05, 0) is 30.5 Å². The molecule has 2 aromatic carbocycles. The Balaban J connectivity index is 1.75. The molecule has 2 aromatic rings. The fraction of sp³-hybridized carbons (Fsp3) is 0.176. The van der Waals surface area contributed by atoms with E-state index in [-0.39, 0.29) is 16.8 Å². The van der Waals surface area contributed by atoms with Gasteiger partial charge in [0.2, 0.25) is 5.91 Å². The average Bonchev–Trinajstić information content (AvgIpc) is 2.89. The molecule has 1 aliphatic rings. The van der Waals surface area contributed by atoms with E-state index < -0.39 is 4.92 Å². The summed E-state index contributed by atoms with van der Waals surface area (Å²) in [4.78, 5) is 27.0. The third kappa shape index (κ3) is 3.62. The van der Waals surface area contributed by atoms with Crippen LogP contribution in [0, 0.1) is 17.0 Å². The molecule has 3 rings (SSSR count). The molecular weight excluding hydrogens is 326 g/mol. The number of nitrogens with zero attached hydrogens (tertiary/aromatic N) is 2. The molecule has 1 fully saturated rings. The van der Waals surface area contributed by atoms with Crippen LogP contribution in [0.25, 0.3) is 0 Å². The Morgan fingerprint density at radius 1 is 1.25 bits per heavy atom. The second kappa shape index (κ2) is 6.84. The SMILES string of the molecule is Cc1ccccc1N=C1NC(=O)[C@@H](Cc2cccc([N+](=O)[O-])c2)S1. The fourth-order valence-electron chi connectivity index (χ4n) is 2.40. The standard InChI is InChI=1S/C17H15N3O3S/c1-11-5-2-3-8-14(11)18-17-19-16(21)15(24-17)10-12-6-4-7-13(9-12)20(22)23/h2-9,15H,10H2,1H3,(H,18,19,21)/t15-/m1/s1. The first kappa shape index (κ1) is 16.2. The Morgan fingerprint density at radius 3 is 2.79 bits per heavy atom. The molecule has 0 aliphatic carbocycles. The first-order valence-corrected chi connectivity index (χ1v) is 8.26. The molecule has 122 valence electrons. The van der Waals surface area contributed by atoms with E-state index in [1.54, 1.807) is 12.1 Å². The Hall–Kier alpha value is -2.67. The lowest BCUT2D eigenvalue weighted by atomic mass is 10.1. The highest BCUT2D eigenvalue weighted by molar-refractivity contribution is 8.15. The molecule has 1 amide bonds. The van der Waals surface area contributed by atoms with E-state index in [0.29, 0.717) is 11.6 Å². The number of aryl methyl sites for hydroxylation is 1. The highest BCUT2D eigenvalue weighted by Gasteiger charge is 2.30. The number of nitro benzene ring substituents is 1. The number of amidine groups is 1. The maximum atomic E-state index is 12.1. The number of thioether (sulfide) groups is 1. The Labute approximate surface area is 143 Å². The predicted octanol–water partition coefficient (Wildman–Crippen LogP) is 3.37. The van der Waals surface area contributed by atoms with Gasteiger partial charge in [0.05, 0.1) is 15.9 Å². The van der Waals surface area contributed by atoms with Gasteiger partial charge in [0.1, 0.15) is 0 Å². The molecule has 1 N–H and O–H groups in total.